The third-order valence-corrected chi connectivity index (χ3v) is 2.38. The van der Waals surface area contributed by atoms with E-state index in [0.717, 1.165) is 4.47 Å². The lowest BCUT2D eigenvalue weighted by Crippen LogP contribution is -2.26. The summed E-state index contributed by atoms with van der Waals surface area (Å²) in [6.07, 6.45) is -1.24. The lowest BCUT2D eigenvalue weighted by atomic mass is 10.2. The second-order valence-electron chi connectivity index (χ2n) is 3.04. The van der Waals surface area contributed by atoms with E-state index < -0.39 is 18.2 Å². The molecular formula is C10H7BrO4. The number of carbonyl (C=O) groups excluding carboxylic acids is 2. The van der Waals surface area contributed by atoms with Crippen LogP contribution >= 0.6 is 15.9 Å². The number of hydrogen-bond acceptors (Lipinski definition) is 4. The van der Waals surface area contributed by atoms with Gasteiger partial charge in [0, 0.05) is 10.0 Å². The Bertz CT molecular complexity index is 400. The Morgan fingerprint density at radius 3 is 2.47 bits per heavy atom. The van der Waals surface area contributed by atoms with Crippen LogP contribution in [0.4, 0.5) is 0 Å². The highest BCUT2D eigenvalue weighted by atomic mass is 79.9. The normalized spacial score (nSPS) is 17.1. The standard InChI is InChI=1S/C10H7BrO4/c11-7-3-1-2-6(4-7)10-14-8(12)5-9(13)15-10/h1-4,10H,5H2. The molecule has 0 spiro atoms. The molecule has 1 fully saturated rings. The quantitative estimate of drug-likeness (QED) is 0.578. The molecule has 1 aliphatic heterocycles. The summed E-state index contributed by atoms with van der Waals surface area (Å²) < 4.78 is 10.6. The highest BCUT2D eigenvalue weighted by Gasteiger charge is 2.28. The van der Waals surface area contributed by atoms with E-state index >= 15 is 0 Å². The van der Waals surface area contributed by atoms with Crippen LogP contribution in [0, 0.1) is 0 Å². The summed E-state index contributed by atoms with van der Waals surface area (Å²) in [5.74, 6) is -1.12. The van der Waals surface area contributed by atoms with Gasteiger partial charge in [-0.15, -0.1) is 0 Å². The lowest BCUT2D eigenvalue weighted by Gasteiger charge is -2.22. The molecule has 0 N–H and O–H groups in total. The molecule has 0 radical (unpaired) electrons. The Morgan fingerprint density at radius 1 is 1.20 bits per heavy atom. The molecule has 0 bridgehead atoms. The minimum Gasteiger partial charge on any atom is -0.420 e. The molecule has 1 aromatic rings. The molecule has 1 saturated heterocycles. The first-order valence-corrected chi connectivity index (χ1v) is 5.09. The average molecular weight is 271 g/mol. The van der Waals surface area contributed by atoms with Crippen LogP contribution in [0.1, 0.15) is 18.3 Å². The van der Waals surface area contributed by atoms with Gasteiger partial charge in [0.25, 0.3) is 6.29 Å². The van der Waals surface area contributed by atoms with Crippen LogP contribution < -0.4 is 0 Å². The van der Waals surface area contributed by atoms with E-state index in [4.69, 9.17) is 9.47 Å². The number of esters is 2. The Kier molecular flexibility index (Phi) is 2.73. The molecule has 0 saturated carbocycles. The third kappa shape index (κ3) is 2.36. The first-order valence-electron chi connectivity index (χ1n) is 4.29. The van der Waals surface area contributed by atoms with Crippen molar-refractivity contribution in [3.8, 4) is 0 Å². The van der Waals surface area contributed by atoms with Gasteiger partial charge in [0.15, 0.2) is 0 Å². The molecule has 0 aromatic heterocycles. The van der Waals surface area contributed by atoms with Gasteiger partial charge in [-0.25, -0.2) is 0 Å². The van der Waals surface area contributed by atoms with E-state index in [1.807, 2.05) is 6.07 Å². The first-order chi connectivity index (χ1) is 7.15. The van der Waals surface area contributed by atoms with Crippen LogP contribution in [0.3, 0.4) is 0 Å². The van der Waals surface area contributed by atoms with E-state index in [1.165, 1.54) is 0 Å². The molecule has 1 aliphatic rings. The van der Waals surface area contributed by atoms with Gasteiger partial charge in [-0.05, 0) is 12.1 Å². The zero-order chi connectivity index (χ0) is 10.8. The molecule has 78 valence electrons. The summed E-state index contributed by atoms with van der Waals surface area (Å²) in [4.78, 5) is 22.0. The molecule has 5 heteroatoms. The van der Waals surface area contributed by atoms with Crippen molar-refractivity contribution in [2.45, 2.75) is 12.7 Å². The van der Waals surface area contributed by atoms with Crippen molar-refractivity contribution in [2.24, 2.45) is 0 Å². The molecule has 0 aliphatic carbocycles. The van der Waals surface area contributed by atoms with Crippen molar-refractivity contribution in [2.75, 3.05) is 0 Å². The lowest BCUT2D eigenvalue weighted by molar-refractivity contribution is -0.204. The third-order valence-electron chi connectivity index (χ3n) is 1.89. The molecule has 0 atom stereocenters. The van der Waals surface area contributed by atoms with Crippen molar-refractivity contribution in [1.29, 1.82) is 0 Å². The van der Waals surface area contributed by atoms with Gasteiger partial charge in [0.2, 0.25) is 0 Å². The van der Waals surface area contributed by atoms with Gasteiger partial charge in [-0.3, -0.25) is 9.59 Å². The number of carbonyl (C=O) groups is 2. The van der Waals surface area contributed by atoms with Crippen molar-refractivity contribution in [3.05, 3.63) is 34.3 Å². The molecule has 0 amide bonds. The van der Waals surface area contributed by atoms with Gasteiger partial charge in [0.05, 0.1) is 0 Å². The maximum atomic E-state index is 11.0. The Balaban J connectivity index is 2.23. The smallest absolute Gasteiger partial charge is 0.320 e. The van der Waals surface area contributed by atoms with Gasteiger partial charge in [-0.1, -0.05) is 28.1 Å². The van der Waals surface area contributed by atoms with Gasteiger partial charge in [0.1, 0.15) is 6.42 Å². The van der Waals surface area contributed by atoms with E-state index in [1.54, 1.807) is 18.2 Å². The summed E-state index contributed by atoms with van der Waals surface area (Å²) in [7, 11) is 0. The fourth-order valence-corrected chi connectivity index (χ4v) is 1.67. The molecule has 4 nitrogen and oxygen atoms in total. The van der Waals surface area contributed by atoms with Gasteiger partial charge in [-0.2, -0.15) is 0 Å². The predicted molar refractivity (Wildman–Crippen MR) is 53.7 cm³/mol. The van der Waals surface area contributed by atoms with Crippen LogP contribution in [0.5, 0.6) is 0 Å². The Morgan fingerprint density at radius 2 is 1.87 bits per heavy atom. The summed E-state index contributed by atoms with van der Waals surface area (Å²) in [6.45, 7) is 0. The van der Waals surface area contributed by atoms with Crippen LogP contribution in [0.25, 0.3) is 0 Å². The largest absolute Gasteiger partial charge is 0.420 e. The SMILES string of the molecule is O=C1CC(=O)OC(c2cccc(Br)c2)O1. The molecule has 1 heterocycles. The summed E-state index contributed by atoms with van der Waals surface area (Å²) in [6, 6.07) is 7.06. The van der Waals surface area contributed by atoms with E-state index in [2.05, 4.69) is 15.9 Å². The van der Waals surface area contributed by atoms with Crippen molar-refractivity contribution < 1.29 is 19.1 Å². The summed E-state index contributed by atoms with van der Waals surface area (Å²) in [5, 5.41) is 0. The maximum absolute atomic E-state index is 11.0. The van der Waals surface area contributed by atoms with Crippen LogP contribution in [0.15, 0.2) is 28.7 Å². The van der Waals surface area contributed by atoms with E-state index in [9.17, 15) is 9.59 Å². The minimum absolute atomic E-state index is 0.315. The molecule has 1 aromatic carbocycles. The summed E-state index contributed by atoms with van der Waals surface area (Å²) >= 11 is 3.28. The average Bonchev–Trinajstić information content (AvgIpc) is 2.16. The maximum Gasteiger partial charge on any atom is 0.320 e. The molecular weight excluding hydrogens is 264 g/mol. The molecule has 15 heavy (non-hydrogen) atoms. The molecule has 0 unspecified atom stereocenters. The van der Waals surface area contributed by atoms with E-state index in [0.29, 0.717) is 5.56 Å². The Hall–Kier alpha value is -1.36. The number of ether oxygens (including phenoxy) is 2. The van der Waals surface area contributed by atoms with Crippen molar-refractivity contribution in [3.63, 3.8) is 0 Å². The fourth-order valence-electron chi connectivity index (χ4n) is 1.25. The first kappa shape index (κ1) is 10.2. The number of cyclic esters (lactones) is 2. The number of rotatable bonds is 1. The highest BCUT2D eigenvalue weighted by Crippen LogP contribution is 2.26. The summed E-state index contributed by atoms with van der Waals surface area (Å²) in [5.41, 5.74) is 0.630. The number of hydrogen-bond donors (Lipinski definition) is 0. The highest BCUT2D eigenvalue weighted by molar-refractivity contribution is 9.10. The van der Waals surface area contributed by atoms with Crippen molar-refractivity contribution in [1.82, 2.24) is 0 Å². The molecule has 2 rings (SSSR count). The number of halogens is 1. The topological polar surface area (TPSA) is 52.6 Å². The monoisotopic (exact) mass is 270 g/mol. The second kappa shape index (κ2) is 4.02. The van der Waals surface area contributed by atoms with Crippen LogP contribution in [-0.4, -0.2) is 11.9 Å². The zero-order valence-corrected chi connectivity index (χ0v) is 9.19. The van der Waals surface area contributed by atoms with Gasteiger partial charge < -0.3 is 9.47 Å². The zero-order valence-electron chi connectivity index (χ0n) is 7.60. The van der Waals surface area contributed by atoms with E-state index in [-0.39, 0.29) is 6.42 Å². The Labute approximate surface area is 94.3 Å². The second-order valence-corrected chi connectivity index (χ2v) is 3.96. The predicted octanol–water partition coefficient (Wildman–Crippen LogP) is 1.94. The fraction of sp³-hybridized carbons (Fsp3) is 0.200. The van der Waals surface area contributed by atoms with Crippen LogP contribution in [-0.2, 0) is 19.1 Å². The van der Waals surface area contributed by atoms with Gasteiger partial charge >= 0.3 is 11.9 Å². The van der Waals surface area contributed by atoms with Crippen LogP contribution in [0.2, 0.25) is 0 Å². The minimum atomic E-state index is -0.920. The van der Waals surface area contributed by atoms with Crippen molar-refractivity contribution >= 4 is 27.9 Å². The number of benzene rings is 1.